The molecule has 0 atom stereocenters. The molecule has 0 fully saturated rings. The Labute approximate surface area is 119 Å². The van der Waals surface area contributed by atoms with Crippen molar-refractivity contribution in [3.8, 4) is 5.75 Å². The van der Waals surface area contributed by atoms with Gasteiger partial charge < -0.3 is 10.1 Å². The summed E-state index contributed by atoms with van der Waals surface area (Å²) in [6, 6.07) is 3.41. The van der Waals surface area contributed by atoms with Crippen LogP contribution in [-0.2, 0) is 6.42 Å². The highest BCUT2D eigenvalue weighted by Gasteiger charge is 2.09. The fraction of sp³-hybridized carbons (Fsp3) is 0.231. The van der Waals surface area contributed by atoms with Crippen LogP contribution < -0.4 is 10.1 Å². The average molecular weight is 300 g/mol. The predicted octanol–water partition coefficient (Wildman–Crippen LogP) is 3.07. The van der Waals surface area contributed by atoms with Crippen LogP contribution in [0.25, 0.3) is 0 Å². The first kappa shape index (κ1) is 14.5. The molecule has 0 saturated carbocycles. The Morgan fingerprint density at radius 1 is 1.20 bits per heavy atom. The van der Waals surface area contributed by atoms with Crippen LogP contribution >= 0.6 is 11.6 Å². The van der Waals surface area contributed by atoms with E-state index in [1.54, 1.807) is 0 Å². The van der Waals surface area contributed by atoms with Crippen LogP contribution in [0.4, 0.5) is 14.6 Å². The molecule has 106 valence electrons. The maximum absolute atomic E-state index is 13.0. The van der Waals surface area contributed by atoms with Crippen LogP contribution in [0, 0.1) is 11.6 Å². The van der Waals surface area contributed by atoms with Gasteiger partial charge in [0.15, 0.2) is 16.7 Å². The Morgan fingerprint density at radius 2 is 1.90 bits per heavy atom. The summed E-state index contributed by atoms with van der Waals surface area (Å²) < 4.78 is 31.1. The van der Waals surface area contributed by atoms with Gasteiger partial charge in [-0.15, -0.1) is 0 Å². The summed E-state index contributed by atoms with van der Waals surface area (Å²) in [4.78, 5) is 7.79. The standard InChI is InChI=1S/C13H12ClF2N3O/c1-20-11-12(14)18-7-19-13(11)17-3-2-8-4-9(15)6-10(16)5-8/h4-7H,2-3H2,1H3,(H,17,18,19). The van der Waals surface area contributed by atoms with E-state index in [1.165, 1.54) is 25.6 Å². The highest BCUT2D eigenvalue weighted by atomic mass is 35.5. The van der Waals surface area contributed by atoms with Gasteiger partial charge in [0.2, 0.25) is 0 Å². The van der Waals surface area contributed by atoms with E-state index in [0.717, 1.165) is 6.07 Å². The number of nitrogens with zero attached hydrogens (tertiary/aromatic N) is 2. The SMILES string of the molecule is COc1c(Cl)ncnc1NCCc1cc(F)cc(F)c1. The normalized spacial score (nSPS) is 10.4. The Balaban J connectivity index is 2.01. The van der Waals surface area contributed by atoms with E-state index in [2.05, 4.69) is 15.3 Å². The van der Waals surface area contributed by atoms with Crippen LogP contribution in [0.1, 0.15) is 5.56 Å². The van der Waals surface area contributed by atoms with Gasteiger partial charge in [0.1, 0.15) is 18.0 Å². The molecular weight excluding hydrogens is 288 g/mol. The average Bonchev–Trinajstić information content (AvgIpc) is 2.38. The lowest BCUT2D eigenvalue weighted by Gasteiger charge is -2.10. The molecule has 0 amide bonds. The first-order valence-corrected chi connectivity index (χ1v) is 6.21. The molecule has 4 nitrogen and oxygen atoms in total. The maximum Gasteiger partial charge on any atom is 0.198 e. The number of halogens is 3. The van der Waals surface area contributed by atoms with E-state index < -0.39 is 11.6 Å². The van der Waals surface area contributed by atoms with Gasteiger partial charge in [0, 0.05) is 12.6 Å². The summed E-state index contributed by atoms with van der Waals surface area (Å²) in [6.45, 7) is 0.423. The van der Waals surface area contributed by atoms with Crippen molar-refractivity contribution in [2.45, 2.75) is 6.42 Å². The van der Waals surface area contributed by atoms with E-state index >= 15 is 0 Å². The Kier molecular flexibility index (Phi) is 4.68. The Hall–Kier alpha value is -1.95. The van der Waals surface area contributed by atoms with Crippen molar-refractivity contribution in [2.75, 3.05) is 19.0 Å². The van der Waals surface area contributed by atoms with Crippen molar-refractivity contribution in [1.29, 1.82) is 0 Å². The number of hydrogen-bond donors (Lipinski definition) is 1. The number of aromatic nitrogens is 2. The molecule has 0 bridgehead atoms. The molecule has 20 heavy (non-hydrogen) atoms. The van der Waals surface area contributed by atoms with E-state index in [0.29, 0.717) is 30.1 Å². The topological polar surface area (TPSA) is 47.0 Å². The number of ether oxygens (including phenoxy) is 1. The summed E-state index contributed by atoms with van der Waals surface area (Å²) in [5.74, 6) is -0.422. The zero-order chi connectivity index (χ0) is 14.5. The largest absolute Gasteiger partial charge is 0.490 e. The minimum absolute atomic E-state index is 0.196. The Morgan fingerprint density at radius 3 is 2.55 bits per heavy atom. The van der Waals surface area contributed by atoms with Gasteiger partial charge in [0.05, 0.1) is 7.11 Å². The van der Waals surface area contributed by atoms with Crippen LogP contribution in [-0.4, -0.2) is 23.6 Å². The third kappa shape index (κ3) is 3.54. The molecule has 1 aromatic heterocycles. The second-order valence-corrected chi connectivity index (χ2v) is 4.36. The molecule has 1 aromatic carbocycles. The van der Waals surface area contributed by atoms with Crippen LogP contribution in [0.3, 0.4) is 0 Å². The van der Waals surface area contributed by atoms with Crippen molar-refractivity contribution in [3.63, 3.8) is 0 Å². The summed E-state index contributed by atoms with van der Waals surface area (Å²) in [6.07, 6.45) is 1.73. The van der Waals surface area contributed by atoms with Crippen molar-refractivity contribution < 1.29 is 13.5 Å². The van der Waals surface area contributed by atoms with Gasteiger partial charge in [-0.25, -0.2) is 18.7 Å². The molecule has 0 radical (unpaired) electrons. The zero-order valence-corrected chi connectivity index (χ0v) is 11.4. The monoisotopic (exact) mass is 299 g/mol. The molecule has 7 heteroatoms. The van der Waals surface area contributed by atoms with Crippen molar-refractivity contribution in [3.05, 3.63) is 46.9 Å². The first-order chi connectivity index (χ1) is 9.60. The molecule has 1 N–H and O–H groups in total. The smallest absolute Gasteiger partial charge is 0.198 e. The van der Waals surface area contributed by atoms with Crippen molar-refractivity contribution in [1.82, 2.24) is 9.97 Å². The second kappa shape index (κ2) is 6.47. The minimum atomic E-state index is -0.595. The van der Waals surface area contributed by atoms with E-state index in [1.807, 2.05) is 0 Å². The molecule has 0 spiro atoms. The number of hydrogen-bond acceptors (Lipinski definition) is 4. The van der Waals surface area contributed by atoms with Crippen molar-refractivity contribution >= 4 is 17.4 Å². The Bertz CT molecular complexity index is 590. The quantitative estimate of drug-likeness (QED) is 0.862. The fourth-order valence-electron chi connectivity index (χ4n) is 1.74. The molecular formula is C13H12ClF2N3O. The van der Waals surface area contributed by atoms with E-state index in [9.17, 15) is 8.78 Å². The van der Waals surface area contributed by atoms with Gasteiger partial charge in [-0.3, -0.25) is 0 Å². The number of nitrogens with one attached hydrogen (secondary N) is 1. The predicted molar refractivity (Wildman–Crippen MR) is 72.1 cm³/mol. The molecule has 0 aliphatic rings. The van der Waals surface area contributed by atoms with Crippen LogP contribution in [0.5, 0.6) is 5.75 Å². The van der Waals surface area contributed by atoms with E-state index in [4.69, 9.17) is 16.3 Å². The van der Waals surface area contributed by atoms with Crippen molar-refractivity contribution in [2.24, 2.45) is 0 Å². The van der Waals surface area contributed by atoms with Gasteiger partial charge >= 0.3 is 0 Å². The van der Waals surface area contributed by atoms with Crippen LogP contribution in [0.2, 0.25) is 5.15 Å². The molecule has 0 unspecified atom stereocenters. The third-order valence-electron chi connectivity index (χ3n) is 2.59. The number of benzene rings is 1. The number of anilines is 1. The highest BCUT2D eigenvalue weighted by molar-refractivity contribution is 6.31. The minimum Gasteiger partial charge on any atom is -0.490 e. The summed E-state index contributed by atoms with van der Waals surface area (Å²) in [7, 11) is 1.46. The number of methoxy groups -OCH3 is 1. The summed E-state index contributed by atoms with van der Waals surface area (Å²) >= 11 is 5.85. The maximum atomic E-state index is 13.0. The summed E-state index contributed by atoms with van der Waals surface area (Å²) in [5, 5.41) is 3.18. The molecule has 0 aliphatic carbocycles. The molecule has 0 aliphatic heterocycles. The summed E-state index contributed by atoms with van der Waals surface area (Å²) in [5.41, 5.74) is 0.550. The fourth-order valence-corrected chi connectivity index (χ4v) is 1.95. The van der Waals surface area contributed by atoms with Gasteiger partial charge in [-0.1, -0.05) is 11.6 Å². The van der Waals surface area contributed by atoms with E-state index in [-0.39, 0.29) is 5.15 Å². The lowest BCUT2D eigenvalue weighted by Crippen LogP contribution is -2.08. The molecule has 0 saturated heterocycles. The first-order valence-electron chi connectivity index (χ1n) is 5.83. The lowest BCUT2D eigenvalue weighted by atomic mass is 10.1. The zero-order valence-electron chi connectivity index (χ0n) is 10.7. The van der Waals surface area contributed by atoms with Gasteiger partial charge in [0.25, 0.3) is 0 Å². The number of rotatable bonds is 5. The highest BCUT2D eigenvalue weighted by Crippen LogP contribution is 2.28. The third-order valence-corrected chi connectivity index (χ3v) is 2.86. The second-order valence-electron chi connectivity index (χ2n) is 4.00. The molecule has 1 heterocycles. The van der Waals surface area contributed by atoms with Gasteiger partial charge in [-0.2, -0.15) is 0 Å². The molecule has 2 rings (SSSR count). The lowest BCUT2D eigenvalue weighted by molar-refractivity contribution is 0.413. The molecule has 2 aromatic rings. The van der Waals surface area contributed by atoms with Crippen LogP contribution in [0.15, 0.2) is 24.5 Å². The van der Waals surface area contributed by atoms with Gasteiger partial charge in [-0.05, 0) is 24.1 Å².